The minimum absolute atomic E-state index is 0.109. The van der Waals surface area contributed by atoms with Crippen molar-refractivity contribution in [3.8, 4) is 5.75 Å². The number of ether oxygens (including phenoxy) is 3. The molecule has 1 aliphatic rings. The maximum absolute atomic E-state index is 15.2. The Bertz CT molecular complexity index is 1580. The smallest absolute Gasteiger partial charge is 0.405 e. The quantitative estimate of drug-likeness (QED) is 0.106. The van der Waals surface area contributed by atoms with Crippen molar-refractivity contribution in [3.05, 3.63) is 63.6 Å². The van der Waals surface area contributed by atoms with E-state index in [9.17, 15) is 41.1 Å². The molecule has 0 saturated carbocycles. The fourth-order valence-electron chi connectivity index (χ4n) is 4.74. The number of halogens is 9. The largest absolute Gasteiger partial charge is 0.497 e. The van der Waals surface area contributed by atoms with Crippen molar-refractivity contribution in [2.75, 3.05) is 27.4 Å². The number of alkyl halides is 7. The summed E-state index contributed by atoms with van der Waals surface area (Å²) < 4.78 is 113. The zero-order valence-corrected chi connectivity index (χ0v) is 28.7. The molecule has 0 radical (unpaired) electrons. The van der Waals surface area contributed by atoms with E-state index in [1.54, 1.807) is 0 Å². The van der Waals surface area contributed by atoms with Crippen molar-refractivity contribution in [1.82, 2.24) is 21.3 Å². The van der Waals surface area contributed by atoms with Gasteiger partial charge in [0.2, 0.25) is 11.7 Å². The first kappa shape index (κ1) is 41.7. The first-order chi connectivity index (χ1) is 23.6. The van der Waals surface area contributed by atoms with Crippen LogP contribution < -0.4 is 26.0 Å². The molecule has 1 fully saturated rings. The van der Waals surface area contributed by atoms with Crippen LogP contribution in [0.4, 0.5) is 30.7 Å². The van der Waals surface area contributed by atoms with Crippen LogP contribution in [0.5, 0.6) is 5.75 Å². The number of benzene rings is 2. The number of carbonyl (C=O) groups excluding carboxylic acids is 4. The Morgan fingerprint density at radius 3 is 2.08 bits per heavy atom. The van der Waals surface area contributed by atoms with Crippen LogP contribution in [-0.4, -0.2) is 87.4 Å². The van der Waals surface area contributed by atoms with Crippen LogP contribution >= 0.6 is 23.2 Å². The van der Waals surface area contributed by atoms with Crippen LogP contribution in [-0.2, 0) is 34.6 Å². The van der Waals surface area contributed by atoms with Crippen LogP contribution in [0.1, 0.15) is 31.0 Å². The molecule has 3 rings (SSSR count). The molecule has 0 spiro atoms. The lowest BCUT2D eigenvalue weighted by atomic mass is 9.94. The Balaban J connectivity index is 1.84. The number of amides is 3. The summed E-state index contributed by atoms with van der Waals surface area (Å²) >= 11 is 11.7. The summed E-state index contributed by atoms with van der Waals surface area (Å²) in [5, 5.41) is 7.43. The maximum Gasteiger partial charge on any atom is 0.405 e. The van der Waals surface area contributed by atoms with E-state index in [1.807, 2.05) is 0 Å². The second-order valence-electron chi connectivity index (χ2n) is 11.6. The first-order valence-corrected chi connectivity index (χ1v) is 15.7. The van der Waals surface area contributed by atoms with Gasteiger partial charge in [-0.1, -0.05) is 49.2 Å². The molecule has 1 heterocycles. The zero-order valence-electron chi connectivity index (χ0n) is 27.2. The van der Waals surface area contributed by atoms with Gasteiger partial charge in [-0.3, -0.25) is 24.5 Å². The summed E-state index contributed by atoms with van der Waals surface area (Å²) in [6, 6.07) is 3.97. The lowest BCUT2D eigenvalue weighted by Gasteiger charge is -2.28. The van der Waals surface area contributed by atoms with Gasteiger partial charge in [0.15, 0.2) is 0 Å². The van der Waals surface area contributed by atoms with E-state index in [0.717, 1.165) is 17.4 Å². The fourth-order valence-corrected chi connectivity index (χ4v) is 5.14. The van der Waals surface area contributed by atoms with Crippen molar-refractivity contribution in [2.45, 2.75) is 62.3 Å². The van der Waals surface area contributed by atoms with Gasteiger partial charge in [-0.05, 0) is 41.8 Å². The second kappa shape index (κ2) is 16.8. The van der Waals surface area contributed by atoms with E-state index in [-0.39, 0.29) is 17.2 Å². The van der Waals surface area contributed by atoms with E-state index in [1.165, 1.54) is 58.4 Å². The van der Waals surface area contributed by atoms with E-state index in [0.29, 0.717) is 5.75 Å². The van der Waals surface area contributed by atoms with Crippen molar-refractivity contribution < 1.29 is 64.1 Å². The molecule has 2 aromatic rings. The van der Waals surface area contributed by atoms with Crippen molar-refractivity contribution in [3.63, 3.8) is 0 Å². The number of epoxide rings is 1. The van der Waals surface area contributed by atoms with Crippen LogP contribution in [0.3, 0.4) is 0 Å². The average Bonchev–Trinajstić information content (AvgIpc) is 3.84. The number of hydrogen-bond donors (Lipinski definition) is 4. The summed E-state index contributed by atoms with van der Waals surface area (Å²) in [6.07, 6.45) is -7.30. The summed E-state index contributed by atoms with van der Waals surface area (Å²) in [7, 11) is 2.57. The summed E-state index contributed by atoms with van der Waals surface area (Å²) in [5.74, 6) is -17.5. The van der Waals surface area contributed by atoms with Crippen LogP contribution in [0.15, 0.2) is 42.5 Å². The predicted molar refractivity (Wildman–Crippen MR) is 167 cm³/mol. The SMILES string of the molecule is COC[C@H](NC(=O)C(F)(F)c1cc(Cl)ccc1Cl)C1OC1N[C@H](C(=O)N[C@H](C(=O)C(F)(F)C(=O)NCC(F)(F)F)C(C)C)c1ccc(OC)cc1. The van der Waals surface area contributed by atoms with Gasteiger partial charge in [-0.25, -0.2) is 0 Å². The van der Waals surface area contributed by atoms with Gasteiger partial charge in [0, 0.05) is 12.1 Å². The molecule has 51 heavy (non-hydrogen) atoms. The zero-order chi connectivity index (χ0) is 38.5. The molecular weight excluding hydrogens is 744 g/mol. The molecule has 2 unspecified atom stereocenters. The number of hydrogen-bond acceptors (Lipinski definition) is 8. The van der Waals surface area contributed by atoms with Gasteiger partial charge in [-0.2, -0.15) is 30.7 Å². The third kappa shape index (κ3) is 10.7. The molecule has 5 atom stereocenters. The molecule has 282 valence electrons. The fraction of sp³-hybridized carbons (Fsp3) is 0.484. The van der Waals surface area contributed by atoms with Crippen LogP contribution in [0.25, 0.3) is 0 Å². The molecule has 1 saturated heterocycles. The van der Waals surface area contributed by atoms with E-state index >= 15 is 8.78 Å². The molecule has 20 heteroatoms. The van der Waals surface area contributed by atoms with Gasteiger partial charge < -0.3 is 30.2 Å². The topological polar surface area (TPSA) is 147 Å². The minimum Gasteiger partial charge on any atom is -0.497 e. The highest BCUT2D eigenvalue weighted by molar-refractivity contribution is 6.33. The number of methoxy groups -OCH3 is 2. The van der Waals surface area contributed by atoms with E-state index < -0.39 is 95.0 Å². The molecule has 11 nitrogen and oxygen atoms in total. The Morgan fingerprint density at radius 2 is 1.53 bits per heavy atom. The molecular formula is C31H33Cl2F7N4O7. The molecule has 1 aliphatic heterocycles. The Labute approximate surface area is 296 Å². The Morgan fingerprint density at radius 1 is 0.902 bits per heavy atom. The number of rotatable bonds is 17. The summed E-state index contributed by atoms with van der Waals surface area (Å²) in [5.41, 5.74) is -0.715. The first-order valence-electron chi connectivity index (χ1n) is 14.9. The highest BCUT2D eigenvalue weighted by Crippen LogP contribution is 2.36. The average molecular weight is 778 g/mol. The van der Waals surface area contributed by atoms with Gasteiger partial charge in [0.25, 0.3) is 11.8 Å². The number of nitrogens with one attached hydrogen (secondary N) is 4. The third-order valence-corrected chi connectivity index (χ3v) is 8.03. The molecule has 3 amide bonds. The lowest BCUT2D eigenvalue weighted by Crippen LogP contribution is -2.58. The Kier molecular flexibility index (Phi) is 13.7. The van der Waals surface area contributed by atoms with E-state index in [4.69, 9.17) is 37.4 Å². The van der Waals surface area contributed by atoms with Gasteiger partial charge in [-0.15, -0.1) is 0 Å². The molecule has 0 aromatic heterocycles. The molecule has 0 aliphatic carbocycles. The van der Waals surface area contributed by atoms with E-state index in [2.05, 4.69) is 16.0 Å². The molecule has 2 aromatic carbocycles. The number of carbonyl (C=O) groups is 4. The van der Waals surface area contributed by atoms with Crippen molar-refractivity contribution >= 4 is 46.7 Å². The highest BCUT2D eigenvalue weighted by Gasteiger charge is 2.53. The van der Waals surface area contributed by atoms with Crippen molar-refractivity contribution in [1.29, 1.82) is 0 Å². The summed E-state index contributed by atoms with van der Waals surface area (Å²) in [4.78, 5) is 51.2. The third-order valence-electron chi connectivity index (χ3n) is 7.47. The number of ketones is 1. The monoisotopic (exact) mass is 776 g/mol. The second-order valence-corrected chi connectivity index (χ2v) is 12.4. The van der Waals surface area contributed by atoms with Gasteiger partial charge in [0.05, 0.1) is 36.4 Å². The van der Waals surface area contributed by atoms with Crippen LogP contribution in [0.2, 0.25) is 10.0 Å². The number of Topliss-reactive ketones (excluding diaryl/α,β-unsaturated/α-hetero) is 1. The van der Waals surface area contributed by atoms with Crippen molar-refractivity contribution in [2.24, 2.45) is 5.92 Å². The lowest BCUT2D eigenvalue weighted by molar-refractivity contribution is -0.165. The van der Waals surface area contributed by atoms with Gasteiger partial charge >= 0.3 is 18.0 Å². The van der Waals surface area contributed by atoms with Crippen LogP contribution in [0, 0.1) is 5.92 Å². The highest BCUT2D eigenvalue weighted by atomic mass is 35.5. The standard InChI is InChI=1S/C31H33Cl2F7N4O7/c1-14(2)21(24(45)31(39,40)27(47)41-13-29(34,35)36)43-25(46)22(15-5-8-17(50-4)9-6-15)44-26-23(51-26)20(12-49-3)42-28(48)30(37,38)18-11-16(32)7-10-19(18)33/h5-11,14,20-23,26,44H,12-13H2,1-4H3,(H,41,47)(H,42,48)(H,43,46)/t20-,21-,22-,23?,26?/m0/s1. The maximum atomic E-state index is 15.2. The summed E-state index contributed by atoms with van der Waals surface area (Å²) in [6.45, 7) is -0.00175. The molecule has 4 N–H and O–H groups in total. The predicted octanol–water partition coefficient (Wildman–Crippen LogP) is 4.30. The normalized spacial score (nSPS) is 18.0. The Hall–Kier alpha value is -3.71. The molecule has 0 bridgehead atoms. The minimum atomic E-state index is -5.05. The van der Waals surface area contributed by atoms with Gasteiger partial charge in [0.1, 0.15) is 30.7 Å².